The summed E-state index contributed by atoms with van der Waals surface area (Å²) in [7, 11) is 0. The fourth-order valence-electron chi connectivity index (χ4n) is 3.02. The Hall–Kier alpha value is -1.06. The van der Waals surface area contributed by atoms with E-state index in [9.17, 15) is 10.2 Å². The first-order chi connectivity index (χ1) is 10.1. The maximum absolute atomic E-state index is 10.0. The monoisotopic (exact) mass is 292 g/mol. The van der Waals surface area contributed by atoms with Crippen molar-refractivity contribution in [2.75, 3.05) is 6.61 Å². The summed E-state index contributed by atoms with van der Waals surface area (Å²) in [6.07, 6.45) is 7.05. The number of ether oxygens (including phenoxy) is 1. The molecule has 1 aliphatic rings. The third-order valence-corrected chi connectivity index (χ3v) is 4.30. The molecule has 0 aliphatic heterocycles. The molecule has 2 atom stereocenters. The fourth-order valence-corrected chi connectivity index (χ4v) is 3.02. The molecule has 1 saturated carbocycles. The van der Waals surface area contributed by atoms with E-state index in [1.807, 2.05) is 31.2 Å². The van der Waals surface area contributed by atoms with Crippen molar-refractivity contribution in [1.82, 2.24) is 0 Å². The lowest BCUT2D eigenvalue weighted by Crippen LogP contribution is -2.20. The van der Waals surface area contributed by atoms with Gasteiger partial charge in [-0.05, 0) is 49.8 Å². The van der Waals surface area contributed by atoms with E-state index < -0.39 is 0 Å². The Kier molecular flexibility index (Phi) is 6.52. The lowest BCUT2D eigenvalue weighted by molar-refractivity contribution is 0.0855. The van der Waals surface area contributed by atoms with Gasteiger partial charge >= 0.3 is 0 Å². The Balaban J connectivity index is 1.70. The second-order valence-electron chi connectivity index (χ2n) is 6.38. The largest absolute Gasteiger partial charge is 0.491 e. The van der Waals surface area contributed by atoms with Gasteiger partial charge in [-0.1, -0.05) is 37.8 Å². The molecule has 0 heterocycles. The van der Waals surface area contributed by atoms with Crippen LogP contribution in [0.4, 0.5) is 0 Å². The van der Waals surface area contributed by atoms with Crippen LogP contribution >= 0.6 is 0 Å². The normalized spacial score (nSPS) is 18.6. The van der Waals surface area contributed by atoms with E-state index in [4.69, 9.17) is 4.74 Å². The number of hydrogen-bond donors (Lipinski definition) is 2. The van der Waals surface area contributed by atoms with Gasteiger partial charge in [-0.3, -0.25) is 0 Å². The van der Waals surface area contributed by atoms with Crippen LogP contribution in [-0.2, 0) is 6.42 Å². The third kappa shape index (κ3) is 6.06. The topological polar surface area (TPSA) is 49.7 Å². The summed E-state index contributed by atoms with van der Waals surface area (Å²) in [5.74, 6) is 1.49. The first-order valence-electron chi connectivity index (χ1n) is 8.21. The Morgan fingerprint density at radius 3 is 2.43 bits per heavy atom. The minimum Gasteiger partial charge on any atom is -0.491 e. The molecule has 0 spiro atoms. The fraction of sp³-hybridized carbons (Fsp3) is 0.667. The third-order valence-electron chi connectivity index (χ3n) is 4.30. The van der Waals surface area contributed by atoms with Gasteiger partial charge in [-0.25, -0.2) is 0 Å². The van der Waals surface area contributed by atoms with E-state index in [0.717, 1.165) is 25.0 Å². The zero-order chi connectivity index (χ0) is 15.1. The molecule has 0 aromatic heterocycles. The van der Waals surface area contributed by atoms with Gasteiger partial charge < -0.3 is 14.9 Å². The van der Waals surface area contributed by atoms with Crippen LogP contribution in [0, 0.1) is 5.92 Å². The first kappa shape index (κ1) is 16.3. The minimum absolute atomic E-state index is 0.258. The van der Waals surface area contributed by atoms with Crippen LogP contribution in [0.25, 0.3) is 0 Å². The molecule has 118 valence electrons. The van der Waals surface area contributed by atoms with Crippen molar-refractivity contribution in [1.29, 1.82) is 0 Å². The number of aliphatic hydroxyl groups excluding tert-OH is 2. The van der Waals surface area contributed by atoms with E-state index in [1.165, 1.54) is 31.2 Å². The summed E-state index contributed by atoms with van der Waals surface area (Å²) < 4.78 is 5.66. The van der Waals surface area contributed by atoms with Crippen molar-refractivity contribution in [3.63, 3.8) is 0 Å². The van der Waals surface area contributed by atoms with Gasteiger partial charge in [0, 0.05) is 0 Å². The number of aliphatic hydroxyl groups is 2. The molecule has 3 heteroatoms. The number of hydrogen-bond acceptors (Lipinski definition) is 3. The quantitative estimate of drug-likeness (QED) is 0.773. The van der Waals surface area contributed by atoms with Crippen LogP contribution in [0.5, 0.6) is 5.75 Å². The zero-order valence-corrected chi connectivity index (χ0v) is 13.0. The summed E-state index contributed by atoms with van der Waals surface area (Å²) in [5, 5.41) is 19.3. The van der Waals surface area contributed by atoms with Crippen LogP contribution in [0.2, 0.25) is 0 Å². The molecule has 0 saturated heterocycles. The summed E-state index contributed by atoms with van der Waals surface area (Å²) in [5.41, 5.74) is 1.20. The van der Waals surface area contributed by atoms with E-state index in [-0.39, 0.29) is 12.2 Å². The lowest BCUT2D eigenvalue weighted by Gasteiger charge is -2.16. The summed E-state index contributed by atoms with van der Waals surface area (Å²) in [6, 6.07) is 7.95. The average molecular weight is 292 g/mol. The van der Waals surface area contributed by atoms with Crippen LogP contribution in [0.3, 0.4) is 0 Å². The smallest absolute Gasteiger partial charge is 0.119 e. The molecule has 0 amide bonds. The van der Waals surface area contributed by atoms with E-state index in [2.05, 4.69) is 0 Å². The van der Waals surface area contributed by atoms with E-state index in [0.29, 0.717) is 12.5 Å². The average Bonchev–Trinajstić information content (AvgIpc) is 2.97. The molecular formula is C18H28O3. The van der Waals surface area contributed by atoms with E-state index in [1.54, 1.807) is 0 Å². The van der Waals surface area contributed by atoms with Gasteiger partial charge in [0.15, 0.2) is 0 Å². The molecule has 3 nitrogen and oxygen atoms in total. The molecule has 1 aliphatic carbocycles. The van der Waals surface area contributed by atoms with Crippen molar-refractivity contribution >= 4 is 0 Å². The predicted molar refractivity (Wildman–Crippen MR) is 84.5 cm³/mol. The zero-order valence-electron chi connectivity index (χ0n) is 13.0. The van der Waals surface area contributed by atoms with Crippen molar-refractivity contribution in [2.45, 2.75) is 64.1 Å². The molecule has 21 heavy (non-hydrogen) atoms. The predicted octanol–water partition coefficient (Wildman–Crippen LogP) is 3.32. The molecule has 0 radical (unpaired) electrons. The highest BCUT2D eigenvalue weighted by Crippen LogP contribution is 2.28. The number of aryl methyl sites for hydroxylation is 1. The molecule has 0 bridgehead atoms. The second-order valence-corrected chi connectivity index (χ2v) is 6.38. The first-order valence-corrected chi connectivity index (χ1v) is 8.21. The van der Waals surface area contributed by atoms with Crippen molar-refractivity contribution < 1.29 is 14.9 Å². The Morgan fingerprint density at radius 1 is 1.14 bits per heavy atom. The lowest BCUT2D eigenvalue weighted by atomic mass is 10.0. The minimum atomic E-state index is -0.358. The van der Waals surface area contributed by atoms with E-state index >= 15 is 0 Å². The molecule has 1 fully saturated rings. The Labute approximate surface area is 128 Å². The molecule has 1 aromatic rings. The molecule has 2 rings (SSSR count). The number of rotatable bonds is 8. The highest BCUT2D eigenvalue weighted by molar-refractivity contribution is 5.27. The van der Waals surface area contributed by atoms with Gasteiger partial charge in [0.2, 0.25) is 0 Å². The van der Waals surface area contributed by atoms with Crippen LogP contribution in [-0.4, -0.2) is 29.0 Å². The second kappa shape index (κ2) is 8.40. The van der Waals surface area contributed by atoms with Crippen molar-refractivity contribution in [3.05, 3.63) is 29.8 Å². The van der Waals surface area contributed by atoms with Gasteiger partial charge in [0.1, 0.15) is 12.4 Å². The number of benzene rings is 1. The Morgan fingerprint density at radius 2 is 1.81 bits per heavy atom. The van der Waals surface area contributed by atoms with Gasteiger partial charge in [-0.2, -0.15) is 0 Å². The van der Waals surface area contributed by atoms with Gasteiger partial charge in [0.05, 0.1) is 12.2 Å². The van der Waals surface area contributed by atoms with Crippen LogP contribution in [0.15, 0.2) is 24.3 Å². The van der Waals surface area contributed by atoms with Crippen molar-refractivity contribution in [2.24, 2.45) is 5.92 Å². The molecule has 1 aromatic carbocycles. The van der Waals surface area contributed by atoms with Crippen LogP contribution < -0.4 is 4.74 Å². The maximum atomic E-state index is 10.0. The van der Waals surface area contributed by atoms with Crippen molar-refractivity contribution in [3.8, 4) is 5.75 Å². The molecule has 2 N–H and O–H groups in total. The van der Waals surface area contributed by atoms with Gasteiger partial charge in [0.25, 0.3) is 0 Å². The van der Waals surface area contributed by atoms with Gasteiger partial charge in [-0.15, -0.1) is 0 Å². The summed E-state index contributed by atoms with van der Waals surface area (Å²) in [6.45, 7) is 2.19. The molecule has 2 unspecified atom stereocenters. The standard InChI is InChI=1S/C18H28O3/c1-14(19)6-7-15-8-10-18(11-9-15)21-13-17(20)12-16-4-2-3-5-16/h8-11,14,16-17,19-20H,2-7,12-13H2,1H3. The summed E-state index contributed by atoms with van der Waals surface area (Å²) >= 11 is 0. The highest BCUT2D eigenvalue weighted by atomic mass is 16.5. The molecular weight excluding hydrogens is 264 g/mol. The maximum Gasteiger partial charge on any atom is 0.119 e. The SMILES string of the molecule is CC(O)CCc1ccc(OCC(O)CC2CCCC2)cc1. The van der Waals surface area contributed by atoms with Crippen LogP contribution in [0.1, 0.15) is 51.0 Å². The Bertz CT molecular complexity index is 393. The highest BCUT2D eigenvalue weighted by Gasteiger charge is 2.19. The summed E-state index contributed by atoms with van der Waals surface area (Å²) in [4.78, 5) is 0.